The molecule has 0 spiro atoms. The second-order valence-electron chi connectivity index (χ2n) is 5.49. The molecule has 0 radical (unpaired) electrons. The third kappa shape index (κ3) is 6.75. The maximum atomic E-state index is 9.69. The third-order valence-electron chi connectivity index (χ3n) is 3.67. The summed E-state index contributed by atoms with van der Waals surface area (Å²) in [7, 11) is 0. The van der Waals surface area contributed by atoms with Crippen molar-refractivity contribution < 1.29 is 5.11 Å². The quantitative estimate of drug-likeness (QED) is 0.368. The minimum absolute atomic E-state index is 0.158. The molecular formula is C15H29BrN2O. The standard InChI is InChI=1S/C15H29BrN2O/c1-3-4-5-6-7-8-9-10-11-15-17-14(16)12-18(15)13(2)19/h13-14,19H,3-12H2,1-2H3. The summed E-state index contributed by atoms with van der Waals surface area (Å²) in [6, 6.07) is 0. The topological polar surface area (TPSA) is 35.8 Å². The molecule has 2 atom stereocenters. The Balaban J connectivity index is 2.07. The maximum Gasteiger partial charge on any atom is 0.125 e. The van der Waals surface area contributed by atoms with Gasteiger partial charge in [-0.25, -0.2) is 0 Å². The Morgan fingerprint density at radius 2 is 1.79 bits per heavy atom. The first-order valence-electron chi connectivity index (χ1n) is 7.80. The number of amidine groups is 1. The Hall–Kier alpha value is -0.0900. The van der Waals surface area contributed by atoms with Crippen LogP contribution >= 0.6 is 15.9 Å². The molecular weight excluding hydrogens is 304 g/mol. The van der Waals surface area contributed by atoms with Crippen LogP contribution in [-0.2, 0) is 0 Å². The zero-order valence-corrected chi connectivity index (χ0v) is 14.0. The lowest BCUT2D eigenvalue weighted by Crippen LogP contribution is -2.36. The maximum absolute atomic E-state index is 9.69. The Bertz CT molecular complexity index is 269. The number of aliphatic hydroxyl groups is 1. The number of halogens is 1. The average Bonchev–Trinajstić information content (AvgIpc) is 2.74. The molecule has 0 aromatic heterocycles. The Morgan fingerprint density at radius 1 is 1.21 bits per heavy atom. The van der Waals surface area contributed by atoms with Gasteiger partial charge in [-0.2, -0.15) is 0 Å². The van der Waals surface area contributed by atoms with Gasteiger partial charge in [0.25, 0.3) is 0 Å². The number of aliphatic imine (C=N–C) groups is 1. The molecule has 19 heavy (non-hydrogen) atoms. The van der Waals surface area contributed by atoms with E-state index < -0.39 is 6.23 Å². The van der Waals surface area contributed by atoms with Gasteiger partial charge in [-0.1, -0.05) is 67.8 Å². The number of rotatable bonds is 10. The van der Waals surface area contributed by atoms with E-state index in [9.17, 15) is 5.11 Å². The molecule has 0 aromatic rings. The molecule has 4 heteroatoms. The molecule has 1 aliphatic heterocycles. The van der Waals surface area contributed by atoms with Gasteiger partial charge >= 0.3 is 0 Å². The minimum Gasteiger partial charge on any atom is -0.374 e. The molecule has 0 saturated heterocycles. The summed E-state index contributed by atoms with van der Waals surface area (Å²) in [5.41, 5.74) is 0. The van der Waals surface area contributed by atoms with Gasteiger partial charge in [-0.3, -0.25) is 4.99 Å². The van der Waals surface area contributed by atoms with Crippen LogP contribution in [0.2, 0.25) is 0 Å². The fraction of sp³-hybridized carbons (Fsp3) is 0.933. The molecule has 3 nitrogen and oxygen atoms in total. The van der Waals surface area contributed by atoms with E-state index in [0.29, 0.717) is 0 Å². The van der Waals surface area contributed by atoms with Crippen LogP contribution in [0.4, 0.5) is 0 Å². The normalized spacial score (nSPS) is 20.7. The van der Waals surface area contributed by atoms with Gasteiger partial charge in [0.1, 0.15) is 17.0 Å². The van der Waals surface area contributed by atoms with Crippen molar-refractivity contribution in [3.05, 3.63) is 0 Å². The van der Waals surface area contributed by atoms with Gasteiger partial charge in [0.2, 0.25) is 0 Å². The van der Waals surface area contributed by atoms with E-state index in [4.69, 9.17) is 0 Å². The van der Waals surface area contributed by atoms with Crippen molar-refractivity contribution in [1.29, 1.82) is 0 Å². The van der Waals surface area contributed by atoms with E-state index >= 15 is 0 Å². The highest BCUT2D eigenvalue weighted by Crippen LogP contribution is 2.20. The molecule has 1 N–H and O–H groups in total. The lowest BCUT2D eigenvalue weighted by atomic mass is 10.1. The van der Waals surface area contributed by atoms with Gasteiger partial charge in [0, 0.05) is 6.42 Å². The van der Waals surface area contributed by atoms with Crippen LogP contribution in [0.3, 0.4) is 0 Å². The van der Waals surface area contributed by atoms with Crippen molar-refractivity contribution in [1.82, 2.24) is 4.90 Å². The smallest absolute Gasteiger partial charge is 0.125 e. The van der Waals surface area contributed by atoms with Crippen LogP contribution in [0.1, 0.15) is 71.6 Å². The number of hydrogen-bond acceptors (Lipinski definition) is 3. The zero-order chi connectivity index (χ0) is 14.1. The van der Waals surface area contributed by atoms with Crippen LogP contribution in [0, 0.1) is 0 Å². The van der Waals surface area contributed by atoms with E-state index in [1.165, 1.54) is 51.4 Å². The molecule has 1 heterocycles. The second kappa shape index (κ2) is 9.76. The molecule has 1 rings (SSSR count). The molecule has 0 aromatic carbocycles. The second-order valence-corrected chi connectivity index (χ2v) is 6.55. The van der Waals surface area contributed by atoms with Gasteiger partial charge in [-0.05, 0) is 13.3 Å². The van der Waals surface area contributed by atoms with Gasteiger partial charge in [-0.15, -0.1) is 0 Å². The van der Waals surface area contributed by atoms with Crippen molar-refractivity contribution in [3.63, 3.8) is 0 Å². The molecule has 0 amide bonds. The lowest BCUT2D eigenvalue weighted by Gasteiger charge is -2.23. The number of unbranched alkanes of at least 4 members (excludes halogenated alkanes) is 7. The van der Waals surface area contributed by atoms with Crippen LogP contribution in [0.15, 0.2) is 4.99 Å². The summed E-state index contributed by atoms with van der Waals surface area (Å²) in [5, 5.41) is 9.69. The van der Waals surface area contributed by atoms with Crippen LogP contribution in [0.5, 0.6) is 0 Å². The summed E-state index contributed by atoms with van der Waals surface area (Å²) >= 11 is 3.51. The van der Waals surface area contributed by atoms with Crippen LogP contribution in [0.25, 0.3) is 0 Å². The van der Waals surface area contributed by atoms with Crippen molar-refractivity contribution in [2.45, 2.75) is 82.8 Å². The highest BCUT2D eigenvalue weighted by atomic mass is 79.9. The first-order chi connectivity index (χ1) is 9.15. The van der Waals surface area contributed by atoms with E-state index in [1.807, 2.05) is 11.8 Å². The first kappa shape index (κ1) is 17.0. The minimum atomic E-state index is -0.421. The highest BCUT2D eigenvalue weighted by molar-refractivity contribution is 9.09. The van der Waals surface area contributed by atoms with Gasteiger partial charge in [0.05, 0.1) is 6.54 Å². The first-order valence-corrected chi connectivity index (χ1v) is 8.72. The van der Waals surface area contributed by atoms with Gasteiger partial charge in [0.15, 0.2) is 0 Å². The van der Waals surface area contributed by atoms with Crippen molar-refractivity contribution in [2.75, 3.05) is 6.54 Å². The highest BCUT2D eigenvalue weighted by Gasteiger charge is 2.25. The fourth-order valence-corrected chi connectivity index (χ4v) is 3.09. The van der Waals surface area contributed by atoms with Crippen molar-refractivity contribution >= 4 is 21.8 Å². The van der Waals surface area contributed by atoms with E-state index in [0.717, 1.165) is 18.8 Å². The fourth-order valence-electron chi connectivity index (χ4n) is 2.54. The third-order valence-corrected chi connectivity index (χ3v) is 4.17. The Morgan fingerprint density at radius 3 is 2.37 bits per heavy atom. The average molecular weight is 333 g/mol. The van der Waals surface area contributed by atoms with E-state index in [1.54, 1.807) is 0 Å². The number of nitrogens with zero attached hydrogens (tertiary/aromatic N) is 2. The largest absolute Gasteiger partial charge is 0.374 e. The van der Waals surface area contributed by atoms with Crippen molar-refractivity contribution in [2.24, 2.45) is 4.99 Å². The summed E-state index contributed by atoms with van der Waals surface area (Å²) in [5.74, 6) is 1.07. The van der Waals surface area contributed by atoms with E-state index in [-0.39, 0.29) is 4.95 Å². The Kier molecular flexibility index (Phi) is 8.71. The molecule has 0 aliphatic carbocycles. The molecule has 1 aliphatic rings. The summed E-state index contributed by atoms with van der Waals surface area (Å²) in [4.78, 5) is 6.71. The zero-order valence-electron chi connectivity index (χ0n) is 12.4. The number of hydrogen-bond donors (Lipinski definition) is 1. The predicted octanol–water partition coefficient (Wildman–Crippen LogP) is 4.29. The number of aliphatic hydroxyl groups excluding tert-OH is 1. The van der Waals surface area contributed by atoms with E-state index in [2.05, 4.69) is 27.8 Å². The summed E-state index contributed by atoms with van der Waals surface area (Å²) < 4.78 is 0. The summed E-state index contributed by atoms with van der Waals surface area (Å²) in [6.45, 7) is 4.87. The van der Waals surface area contributed by atoms with Crippen LogP contribution < -0.4 is 0 Å². The number of alkyl halides is 1. The SMILES string of the molecule is CCCCCCCCCCC1=NC(Br)CN1C(C)O. The predicted molar refractivity (Wildman–Crippen MR) is 85.8 cm³/mol. The lowest BCUT2D eigenvalue weighted by molar-refractivity contribution is 0.0758. The van der Waals surface area contributed by atoms with Crippen LogP contribution in [-0.4, -0.2) is 33.6 Å². The van der Waals surface area contributed by atoms with Gasteiger partial charge < -0.3 is 10.0 Å². The Labute approximate surface area is 126 Å². The molecule has 2 unspecified atom stereocenters. The summed E-state index contributed by atoms with van der Waals surface area (Å²) in [6.07, 6.45) is 11.2. The molecule has 0 fully saturated rings. The monoisotopic (exact) mass is 332 g/mol. The molecule has 112 valence electrons. The molecule has 0 saturated carbocycles. The van der Waals surface area contributed by atoms with Crippen molar-refractivity contribution in [3.8, 4) is 0 Å². The molecule has 0 bridgehead atoms.